The van der Waals surface area contributed by atoms with Gasteiger partial charge in [-0.15, -0.1) is 0 Å². The zero-order valence-electron chi connectivity index (χ0n) is 7.50. The third kappa shape index (κ3) is 2.18. The molecule has 0 heterocycles. The molecule has 0 aromatic rings. The van der Waals surface area contributed by atoms with Crippen LogP contribution in [0.25, 0.3) is 0 Å². The summed E-state index contributed by atoms with van der Waals surface area (Å²) in [5.41, 5.74) is -0.314. The van der Waals surface area contributed by atoms with Crippen LogP contribution in [0, 0.1) is 0 Å². The van der Waals surface area contributed by atoms with E-state index >= 15 is 0 Å². The fourth-order valence-corrected chi connectivity index (χ4v) is 1.34. The van der Waals surface area contributed by atoms with E-state index in [9.17, 15) is 9.59 Å². The molecule has 13 heavy (non-hydrogen) atoms. The Bertz CT molecular complexity index is 217. The fourth-order valence-electron chi connectivity index (χ4n) is 1.34. The summed E-state index contributed by atoms with van der Waals surface area (Å²) < 4.78 is 5.20. The smallest absolute Gasteiger partial charge is 0.394 e. The SMILES string of the molecule is COC1(CNC(=O)C(=O)O)CCC1. The Labute approximate surface area is 76.1 Å². The monoisotopic (exact) mass is 187 g/mol. The van der Waals surface area contributed by atoms with E-state index in [1.54, 1.807) is 7.11 Å². The van der Waals surface area contributed by atoms with E-state index in [4.69, 9.17) is 9.84 Å². The zero-order valence-corrected chi connectivity index (χ0v) is 7.50. The highest BCUT2D eigenvalue weighted by Gasteiger charge is 2.37. The molecule has 0 atom stereocenters. The number of amides is 1. The van der Waals surface area contributed by atoms with E-state index in [1.165, 1.54) is 0 Å². The van der Waals surface area contributed by atoms with Gasteiger partial charge in [0.1, 0.15) is 0 Å². The van der Waals surface area contributed by atoms with Crippen LogP contribution in [0.2, 0.25) is 0 Å². The van der Waals surface area contributed by atoms with Gasteiger partial charge in [-0.2, -0.15) is 0 Å². The van der Waals surface area contributed by atoms with E-state index in [0.29, 0.717) is 0 Å². The maximum absolute atomic E-state index is 10.7. The molecule has 1 fully saturated rings. The van der Waals surface area contributed by atoms with Crippen molar-refractivity contribution in [1.82, 2.24) is 5.32 Å². The zero-order chi connectivity index (χ0) is 9.90. The fraction of sp³-hybridized carbons (Fsp3) is 0.750. The van der Waals surface area contributed by atoms with Gasteiger partial charge in [0.15, 0.2) is 0 Å². The van der Waals surface area contributed by atoms with Gasteiger partial charge in [-0.25, -0.2) is 4.79 Å². The molecule has 0 spiro atoms. The number of hydrogen-bond acceptors (Lipinski definition) is 3. The van der Waals surface area contributed by atoms with Crippen LogP contribution in [0.15, 0.2) is 0 Å². The highest BCUT2D eigenvalue weighted by Crippen LogP contribution is 2.34. The highest BCUT2D eigenvalue weighted by atomic mass is 16.5. The average Bonchev–Trinajstić information content (AvgIpc) is 2.02. The first-order chi connectivity index (χ1) is 6.09. The molecule has 1 amide bonds. The van der Waals surface area contributed by atoms with Crippen molar-refractivity contribution in [2.45, 2.75) is 24.9 Å². The molecular formula is C8H13NO4. The van der Waals surface area contributed by atoms with Crippen LogP contribution in [-0.4, -0.2) is 36.2 Å². The Kier molecular flexibility index (Phi) is 2.87. The van der Waals surface area contributed by atoms with Gasteiger partial charge in [-0.1, -0.05) is 0 Å². The van der Waals surface area contributed by atoms with Crippen LogP contribution in [-0.2, 0) is 14.3 Å². The lowest BCUT2D eigenvalue weighted by atomic mass is 9.80. The number of aliphatic carboxylic acids is 1. The van der Waals surface area contributed by atoms with Crippen molar-refractivity contribution in [3.63, 3.8) is 0 Å². The Morgan fingerprint density at radius 1 is 1.54 bits per heavy atom. The molecule has 0 bridgehead atoms. The standard InChI is InChI=1S/C8H13NO4/c1-13-8(3-2-4-8)5-9-6(10)7(11)12/h2-5H2,1H3,(H,9,10)(H,11,12). The van der Waals surface area contributed by atoms with Crippen molar-refractivity contribution < 1.29 is 19.4 Å². The molecule has 1 saturated carbocycles. The summed E-state index contributed by atoms with van der Waals surface area (Å²) in [6.07, 6.45) is 2.82. The lowest BCUT2D eigenvalue weighted by molar-refractivity contribution is -0.151. The van der Waals surface area contributed by atoms with Crippen LogP contribution >= 0.6 is 0 Å². The molecule has 0 radical (unpaired) electrons. The van der Waals surface area contributed by atoms with Crippen LogP contribution in [0.3, 0.4) is 0 Å². The Morgan fingerprint density at radius 3 is 2.46 bits per heavy atom. The molecule has 1 aliphatic carbocycles. The third-order valence-electron chi connectivity index (χ3n) is 2.46. The lowest BCUT2D eigenvalue weighted by Crippen LogP contribution is -2.50. The quantitative estimate of drug-likeness (QED) is 0.598. The maximum atomic E-state index is 10.7. The second-order valence-corrected chi connectivity index (χ2v) is 3.23. The van der Waals surface area contributed by atoms with Gasteiger partial charge in [-0.05, 0) is 19.3 Å². The summed E-state index contributed by atoms with van der Waals surface area (Å²) in [5, 5.41) is 10.6. The van der Waals surface area contributed by atoms with Crippen LogP contribution in [0.1, 0.15) is 19.3 Å². The molecule has 74 valence electrons. The second-order valence-electron chi connectivity index (χ2n) is 3.23. The van der Waals surface area contributed by atoms with Crippen LogP contribution in [0.5, 0.6) is 0 Å². The van der Waals surface area contributed by atoms with E-state index in [0.717, 1.165) is 19.3 Å². The minimum Gasteiger partial charge on any atom is -0.474 e. The number of carboxylic acid groups (broad SMARTS) is 1. The molecule has 1 aliphatic rings. The Hall–Kier alpha value is -1.10. The number of hydrogen-bond donors (Lipinski definition) is 2. The van der Waals surface area contributed by atoms with Gasteiger partial charge in [0.2, 0.25) is 0 Å². The molecule has 5 heteroatoms. The highest BCUT2D eigenvalue weighted by molar-refractivity contribution is 6.31. The first-order valence-corrected chi connectivity index (χ1v) is 4.16. The average molecular weight is 187 g/mol. The summed E-state index contributed by atoms with van der Waals surface area (Å²) >= 11 is 0. The first-order valence-electron chi connectivity index (χ1n) is 4.16. The number of carbonyl (C=O) groups is 2. The van der Waals surface area contributed by atoms with Crippen LogP contribution in [0.4, 0.5) is 0 Å². The Morgan fingerprint density at radius 2 is 2.15 bits per heavy atom. The first kappa shape index (κ1) is 9.98. The van der Waals surface area contributed by atoms with Crippen molar-refractivity contribution in [2.24, 2.45) is 0 Å². The molecule has 5 nitrogen and oxygen atoms in total. The van der Waals surface area contributed by atoms with Crippen molar-refractivity contribution in [1.29, 1.82) is 0 Å². The van der Waals surface area contributed by atoms with Gasteiger partial charge < -0.3 is 15.2 Å². The van der Waals surface area contributed by atoms with E-state index in [1.807, 2.05) is 0 Å². The summed E-state index contributed by atoms with van der Waals surface area (Å²) in [4.78, 5) is 20.8. The van der Waals surface area contributed by atoms with E-state index in [-0.39, 0.29) is 12.1 Å². The van der Waals surface area contributed by atoms with Crippen molar-refractivity contribution in [3.05, 3.63) is 0 Å². The number of nitrogens with one attached hydrogen (secondary N) is 1. The number of carboxylic acids is 1. The molecule has 0 aromatic heterocycles. The van der Waals surface area contributed by atoms with Crippen LogP contribution < -0.4 is 5.32 Å². The van der Waals surface area contributed by atoms with Gasteiger partial charge in [0.05, 0.1) is 5.60 Å². The van der Waals surface area contributed by atoms with E-state index < -0.39 is 11.9 Å². The summed E-state index contributed by atoms with van der Waals surface area (Å²) in [7, 11) is 1.58. The van der Waals surface area contributed by atoms with E-state index in [2.05, 4.69) is 5.32 Å². The molecule has 0 aromatic carbocycles. The van der Waals surface area contributed by atoms with Crippen molar-refractivity contribution >= 4 is 11.9 Å². The predicted octanol–water partition coefficient (Wildman–Crippen LogP) is -0.244. The maximum Gasteiger partial charge on any atom is 0.394 e. The molecular weight excluding hydrogens is 174 g/mol. The normalized spacial score (nSPS) is 18.8. The molecule has 0 unspecified atom stereocenters. The number of rotatable bonds is 3. The van der Waals surface area contributed by atoms with Gasteiger partial charge in [0.25, 0.3) is 0 Å². The third-order valence-corrected chi connectivity index (χ3v) is 2.46. The topological polar surface area (TPSA) is 75.6 Å². The Balaban J connectivity index is 2.32. The van der Waals surface area contributed by atoms with Gasteiger partial charge in [0, 0.05) is 13.7 Å². The number of carbonyl (C=O) groups excluding carboxylic acids is 1. The van der Waals surface area contributed by atoms with Gasteiger partial charge in [-0.3, -0.25) is 4.79 Å². The van der Waals surface area contributed by atoms with Crippen molar-refractivity contribution in [3.8, 4) is 0 Å². The minimum atomic E-state index is -1.45. The second kappa shape index (κ2) is 3.74. The summed E-state index contributed by atoms with van der Waals surface area (Å²) in [6.45, 7) is 0.286. The molecule has 2 N–H and O–H groups in total. The summed E-state index contributed by atoms with van der Waals surface area (Å²) in [5.74, 6) is -2.42. The number of ether oxygens (including phenoxy) is 1. The minimum absolute atomic E-state index is 0.286. The lowest BCUT2D eigenvalue weighted by Gasteiger charge is -2.40. The number of methoxy groups -OCH3 is 1. The molecule has 0 aliphatic heterocycles. The predicted molar refractivity (Wildman–Crippen MR) is 44.2 cm³/mol. The largest absolute Gasteiger partial charge is 0.474 e. The molecule has 1 rings (SSSR count). The molecule has 0 saturated heterocycles. The van der Waals surface area contributed by atoms with Gasteiger partial charge >= 0.3 is 11.9 Å². The summed E-state index contributed by atoms with van der Waals surface area (Å²) in [6, 6.07) is 0. The van der Waals surface area contributed by atoms with Crippen molar-refractivity contribution in [2.75, 3.05) is 13.7 Å².